The van der Waals surface area contributed by atoms with Crippen molar-refractivity contribution in [2.45, 2.75) is 52.9 Å². The zero-order valence-corrected chi connectivity index (χ0v) is 12.2. The van der Waals surface area contributed by atoms with Gasteiger partial charge in [-0.2, -0.15) is 13.2 Å². The smallest absolute Gasteiger partial charge is 0.331 e. The molecule has 0 aromatic rings. The summed E-state index contributed by atoms with van der Waals surface area (Å²) in [6.07, 6.45) is -4.34. The molecule has 1 fully saturated rings. The third-order valence-corrected chi connectivity index (χ3v) is 3.36. The van der Waals surface area contributed by atoms with Crippen LogP contribution < -0.4 is 0 Å². The summed E-state index contributed by atoms with van der Waals surface area (Å²) in [7, 11) is 0. The third-order valence-electron chi connectivity index (χ3n) is 3.36. The van der Waals surface area contributed by atoms with Crippen molar-refractivity contribution in [2.24, 2.45) is 5.41 Å². The second kappa shape index (κ2) is 5.31. The maximum atomic E-state index is 12.5. The van der Waals surface area contributed by atoms with E-state index in [0.717, 1.165) is 4.90 Å². The van der Waals surface area contributed by atoms with Crippen molar-refractivity contribution in [2.75, 3.05) is 19.6 Å². The van der Waals surface area contributed by atoms with Crippen molar-refractivity contribution in [1.82, 2.24) is 9.80 Å². The lowest BCUT2D eigenvalue weighted by molar-refractivity contribution is -0.174. The number of alkyl halides is 3. The molecule has 1 aliphatic heterocycles. The number of hydrogen-bond donors (Lipinski definition) is 0. The molecule has 1 rings (SSSR count). The van der Waals surface area contributed by atoms with Crippen LogP contribution in [0.25, 0.3) is 0 Å². The first-order valence-corrected chi connectivity index (χ1v) is 6.55. The monoisotopic (exact) mass is 280 g/mol. The van der Waals surface area contributed by atoms with Crippen molar-refractivity contribution in [3.63, 3.8) is 0 Å². The molecular formula is C13H23F3N2O. The molecule has 1 atom stereocenters. The van der Waals surface area contributed by atoms with Gasteiger partial charge in [-0.25, -0.2) is 0 Å². The lowest BCUT2D eigenvalue weighted by atomic mass is 9.83. The molecule has 0 bridgehead atoms. The predicted octanol–water partition coefficient (Wildman–Crippen LogP) is 2.52. The fourth-order valence-electron chi connectivity index (χ4n) is 2.59. The topological polar surface area (TPSA) is 23.6 Å². The summed E-state index contributed by atoms with van der Waals surface area (Å²) in [6, 6.07) is -0.357. The standard InChI is InChI=1S/C13H23F3N2O/c1-9(2)18-7-6-17(8-13(14,15)16)11(19)10(18)12(3,4)5/h9-10H,6-8H2,1-5H3/t10-/m1/s1. The van der Waals surface area contributed by atoms with E-state index in [1.165, 1.54) is 0 Å². The summed E-state index contributed by atoms with van der Waals surface area (Å²) in [5.41, 5.74) is -0.383. The summed E-state index contributed by atoms with van der Waals surface area (Å²) < 4.78 is 37.5. The maximum absolute atomic E-state index is 12.5. The van der Waals surface area contributed by atoms with Crippen LogP contribution in [0.1, 0.15) is 34.6 Å². The molecule has 1 saturated heterocycles. The Hall–Kier alpha value is -0.780. The van der Waals surface area contributed by atoms with E-state index < -0.39 is 24.7 Å². The van der Waals surface area contributed by atoms with Crippen LogP contribution in [-0.2, 0) is 4.79 Å². The average molecular weight is 280 g/mol. The molecule has 1 amide bonds. The Morgan fingerprint density at radius 3 is 2.11 bits per heavy atom. The van der Waals surface area contributed by atoms with E-state index in [2.05, 4.69) is 0 Å². The molecular weight excluding hydrogens is 257 g/mol. The van der Waals surface area contributed by atoms with E-state index >= 15 is 0 Å². The average Bonchev–Trinajstić information content (AvgIpc) is 2.16. The Morgan fingerprint density at radius 1 is 1.21 bits per heavy atom. The van der Waals surface area contributed by atoms with Gasteiger partial charge in [0.2, 0.25) is 5.91 Å². The number of carbonyl (C=O) groups is 1. The largest absolute Gasteiger partial charge is 0.406 e. The lowest BCUT2D eigenvalue weighted by Crippen LogP contribution is -2.64. The first kappa shape index (κ1) is 16.3. The van der Waals surface area contributed by atoms with Crippen LogP contribution in [0, 0.1) is 5.41 Å². The van der Waals surface area contributed by atoms with Gasteiger partial charge >= 0.3 is 6.18 Å². The summed E-state index contributed by atoms with van der Waals surface area (Å²) in [6.45, 7) is 9.08. The first-order valence-electron chi connectivity index (χ1n) is 6.55. The normalized spacial score (nSPS) is 23.3. The second-order valence-corrected chi connectivity index (χ2v) is 6.48. The number of nitrogens with zero attached hydrogens (tertiary/aromatic N) is 2. The van der Waals surface area contributed by atoms with Crippen LogP contribution in [0.2, 0.25) is 0 Å². The van der Waals surface area contributed by atoms with Gasteiger partial charge in [0.1, 0.15) is 6.54 Å². The van der Waals surface area contributed by atoms with Crippen LogP contribution in [-0.4, -0.2) is 53.6 Å². The molecule has 0 unspecified atom stereocenters. The Labute approximate surface area is 112 Å². The van der Waals surface area contributed by atoms with Crippen LogP contribution in [0.5, 0.6) is 0 Å². The predicted molar refractivity (Wildman–Crippen MR) is 67.7 cm³/mol. The van der Waals surface area contributed by atoms with E-state index in [9.17, 15) is 18.0 Å². The van der Waals surface area contributed by atoms with Gasteiger partial charge < -0.3 is 4.90 Å². The van der Waals surface area contributed by atoms with Crippen molar-refractivity contribution < 1.29 is 18.0 Å². The van der Waals surface area contributed by atoms with Crippen LogP contribution in [0.15, 0.2) is 0 Å². The lowest BCUT2D eigenvalue weighted by Gasteiger charge is -2.48. The number of halogens is 3. The Balaban J connectivity index is 2.95. The molecule has 0 aromatic carbocycles. The number of piperazine rings is 1. The highest BCUT2D eigenvalue weighted by molar-refractivity contribution is 5.83. The maximum Gasteiger partial charge on any atom is 0.406 e. The summed E-state index contributed by atoms with van der Waals surface area (Å²) in [5.74, 6) is -0.412. The quantitative estimate of drug-likeness (QED) is 0.776. The van der Waals surface area contributed by atoms with Gasteiger partial charge in [-0.05, 0) is 19.3 Å². The Kier molecular flexibility index (Phi) is 4.55. The number of carbonyl (C=O) groups excluding carboxylic acids is 1. The van der Waals surface area contributed by atoms with Crippen molar-refractivity contribution >= 4 is 5.91 Å². The van der Waals surface area contributed by atoms with Gasteiger partial charge in [0.15, 0.2) is 0 Å². The number of amides is 1. The van der Waals surface area contributed by atoms with E-state index in [-0.39, 0.29) is 18.0 Å². The van der Waals surface area contributed by atoms with Crippen molar-refractivity contribution in [3.05, 3.63) is 0 Å². The van der Waals surface area contributed by atoms with E-state index in [0.29, 0.717) is 6.54 Å². The van der Waals surface area contributed by atoms with E-state index in [1.54, 1.807) is 0 Å². The molecule has 6 heteroatoms. The minimum atomic E-state index is -4.34. The first-order chi connectivity index (χ1) is 8.43. The van der Waals surface area contributed by atoms with E-state index in [4.69, 9.17) is 0 Å². The highest BCUT2D eigenvalue weighted by Gasteiger charge is 2.45. The molecule has 0 N–H and O–H groups in total. The fraction of sp³-hybridized carbons (Fsp3) is 0.923. The Bertz CT molecular complexity index is 334. The molecule has 1 heterocycles. The highest BCUT2D eigenvalue weighted by Crippen LogP contribution is 2.31. The van der Waals surface area contributed by atoms with Crippen LogP contribution in [0.4, 0.5) is 13.2 Å². The van der Waals surface area contributed by atoms with Gasteiger partial charge in [-0.1, -0.05) is 20.8 Å². The van der Waals surface area contributed by atoms with Gasteiger partial charge in [0.05, 0.1) is 6.04 Å². The molecule has 0 aromatic heterocycles. The van der Waals surface area contributed by atoms with Crippen LogP contribution >= 0.6 is 0 Å². The third kappa shape index (κ3) is 4.09. The summed E-state index contributed by atoms with van der Waals surface area (Å²) in [4.78, 5) is 15.3. The number of hydrogen-bond acceptors (Lipinski definition) is 2. The molecule has 1 aliphatic rings. The fourth-order valence-corrected chi connectivity index (χ4v) is 2.59. The highest BCUT2D eigenvalue weighted by atomic mass is 19.4. The zero-order chi connectivity index (χ0) is 15.0. The molecule has 19 heavy (non-hydrogen) atoms. The summed E-state index contributed by atoms with van der Waals surface area (Å²) in [5, 5.41) is 0. The molecule has 0 saturated carbocycles. The minimum absolute atomic E-state index is 0.140. The number of rotatable bonds is 2. The van der Waals surface area contributed by atoms with Crippen molar-refractivity contribution in [1.29, 1.82) is 0 Å². The van der Waals surface area contributed by atoms with Gasteiger partial charge in [-0.3, -0.25) is 9.69 Å². The summed E-state index contributed by atoms with van der Waals surface area (Å²) >= 11 is 0. The molecule has 3 nitrogen and oxygen atoms in total. The van der Waals surface area contributed by atoms with E-state index in [1.807, 2.05) is 39.5 Å². The van der Waals surface area contributed by atoms with Gasteiger partial charge in [0, 0.05) is 19.1 Å². The minimum Gasteiger partial charge on any atom is -0.331 e. The van der Waals surface area contributed by atoms with Crippen LogP contribution in [0.3, 0.4) is 0 Å². The molecule has 0 radical (unpaired) electrons. The van der Waals surface area contributed by atoms with Gasteiger partial charge in [0.25, 0.3) is 0 Å². The molecule has 112 valence electrons. The molecule has 0 aliphatic carbocycles. The SMILES string of the molecule is CC(C)N1CCN(CC(F)(F)F)C(=O)[C@@H]1C(C)(C)C. The molecule has 0 spiro atoms. The Morgan fingerprint density at radius 2 is 1.74 bits per heavy atom. The second-order valence-electron chi connectivity index (χ2n) is 6.48. The zero-order valence-electron chi connectivity index (χ0n) is 12.2. The van der Waals surface area contributed by atoms with Gasteiger partial charge in [-0.15, -0.1) is 0 Å². The van der Waals surface area contributed by atoms with Crippen molar-refractivity contribution in [3.8, 4) is 0 Å².